The predicted molar refractivity (Wildman–Crippen MR) is 109 cm³/mol. The van der Waals surface area contributed by atoms with Crippen LogP contribution in [0.2, 0.25) is 0 Å². The summed E-state index contributed by atoms with van der Waals surface area (Å²) in [6.07, 6.45) is 3.14. The van der Waals surface area contributed by atoms with Crippen LogP contribution in [-0.2, 0) is 12.8 Å². The maximum atomic E-state index is 10.5. The summed E-state index contributed by atoms with van der Waals surface area (Å²) in [4.78, 5) is 4.99. The smallest absolute Gasteiger partial charge is 0.128 e. The SMILES string of the molecule is C[C@@H]1CCc2c(c(-c3ccc(O)cc3O)nc3ccc4ccccc4c23)C1. The third-order valence-corrected chi connectivity index (χ3v) is 5.77. The predicted octanol–water partition coefficient (Wildman–Crippen LogP) is 5.59. The van der Waals surface area contributed by atoms with Crippen molar-refractivity contribution in [2.75, 3.05) is 0 Å². The van der Waals surface area contributed by atoms with E-state index in [1.807, 2.05) is 0 Å². The molecule has 3 aromatic carbocycles. The molecule has 134 valence electrons. The maximum absolute atomic E-state index is 10.5. The standard InChI is InChI=1S/C24H21NO2/c1-14-6-9-18-20(12-14)24(19-10-8-16(26)13-22(19)27)25-21-11-7-15-4-2-3-5-17(15)23(18)21/h2-5,7-8,10-11,13-14,26-27H,6,9,12H2,1H3/t14-/m1/s1. The highest BCUT2D eigenvalue weighted by Crippen LogP contribution is 2.42. The number of rotatable bonds is 1. The van der Waals surface area contributed by atoms with Crippen LogP contribution < -0.4 is 0 Å². The number of hydrogen-bond acceptors (Lipinski definition) is 3. The molecule has 1 aromatic heterocycles. The maximum Gasteiger partial charge on any atom is 0.128 e. The number of phenols is 2. The van der Waals surface area contributed by atoms with Gasteiger partial charge in [0.05, 0.1) is 11.2 Å². The van der Waals surface area contributed by atoms with Crippen molar-refractivity contribution in [2.45, 2.75) is 26.2 Å². The van der Waals surface area contributed by atoms with Gasteiger partial charge in [0, 0.05) is 17.0 Å². The monoisotopic (exact) mass is 355 g/mol. The Bertz CT molecular complexity index is 1200. The normalized spacial score (nSPS) is 16.6. The summed E-state index contributed by atoms with van der Waals surface area (Å²) in [7, 11) is 0. The van der Waals surface area contributed by atoms with Gasteiger partial charge in [-0.2, -0.15) is 0 Å². The van der Waals surface area contributed by atoms with Crippen LogP contribution in [0.4, 0.5) is 0 Å². The van der Waals surface area contributed by atoms with Crippen molar-refractivity contribution in [1.29, 1.82) is 0 Å². The molecular weight excluding hydrogens is 334 g/mol. The van der Waals surface area contributed by atoms with Crippen molar-refractivity contribution in [1.82, 2.24) is 4.98 Å². The van der Waals surface area contributed by atoms with Gasteiger partial charge in [0.1, 0.15) is 11.5 Å². The molecule has 1 aliphatic rings. The van der Waals surface area contributed by atoms with Gasteiger partial charge in [-0.3, -0.25) is 0 Å². The molecule has 0 bridgehead atoms. The fourth-order valence-electron chi connectivity index (χ4n) is 4.43. The first-order valence-corrected chi connectivity index (χ1v) is 9.47. The number of pyridine rings is 1. The van der Waals surface area contributed by atoms with Crippen LogP contribution in [0.15, 0.2) is 54.6 Å². The van der Waals surface area contributed by atoms with Crippen LogP contribution in [0.5, 0.6) is 11.5 Å². The first kappa shape index (κ1) is 16.1. The van der Waals surface area contributed by atoms with Gasteiger partial charge >= 0.3 is 0 Å². The molecule has 0 fully saturated rings. The van der Waals surface area contributed by atoms with Crippen LogP contribution in [0, 0.1) is 5.92 Å². The van der Waals surface area contributed by atoms with Crippen molar-refractivity contribution < 1.29 is 10.2 Å². The Kier molecular flexibility index (Phi) is 3.57. The molecule has 3 heteroatoms. The zero-order valence-electron chi connectivity index (χ0n) is 15.2. The Labute approximate surface area is 157 Å². The number of phenolic OH excluding ortho intramolecular Hbond substituents is 2. The van der Waals surface area contributed by atoms with Gasteiger partial charge in [-0.15, -0.1) is 0 Å². The summed E-state index contributed by atoms with van der Waals surface area (Å²) in [5, 5.41) is 23.9. The van der Waals surface area contributed by atoms with Crippen molar-refractivity contribution >= 4 is 21.7 Å². The molecule has 2 N–H and O–H groups in total. The molecule has 1 heterocycles. The van der Waals surface area contributed by atoms with Crippen LogP contribution in [-0.4, -0.2) is 15.2 Å². The number of hydrogen-bond donors (Lipinski definition) is 2. The molecule has 3 nitrogen and oxygen atoms in total. The van der Waals surface area contributed by atoms with Gasteiger partial charge in [0.15, 0.2) is 0 Å². The lowest BCUT2D eigenvalue weighted by atomic mass is 9.80. The molecule has 0 spiro atoms. The van der Waals surface area contributed by atoms with Crippen LogP contribution in [0.25, 0.3) is 32.9 Å². The van der Waals surface area contributed by atoms with E-state index in [9.17, 15) is 10.2 Å². The van der Waals surface area contributed by atoms with E-state index in [0.29, 0.717) is 11.5 Å². The van der Waals surface area contributed by atoms with Crippen molar-refractivity contribution in [3.8, 4) is 22.8 Å². The summed E-state index contributed by atoms with van der Waals surface area (Å²) in [6, 6.07) is 17.4. The molecule has 1 aliphatic carbocycles. The zero-order valence-corrected chi connectivity index (χ0v) is 15.2. The molecule has 0 unspecified atom stereocenters. The first-order valence-electron chi connectivity index (χ1n) is 9.47. The Morgan fingerprint density at radius 2 is 1.81 bits per heavy atom. The van der Waals surface area contributed by atoms with E-state index in [2.05, 4.69) is 43.3 Å². The largest absolute Gasteiger partial charge is 0.508 e. The lowest BCUT2D eigenvalue weighted by Gasteiger charge is -2.26. The molecule has 4 aromatic rings. The van der Waals surface area contributed by atoms with Crippen molar-refractivity contribution in [2.24, 2.45) is 5.92 Å². The highest BCUT2D eigenvalue weighted by molar-refractivity contribution is 6.09. The molecular formula is C24H21NO2. The average molecular weight is 355 g/mol. The van der Waals surface area contributed by atoms with E-state index in [4.69, 9.17) is 4.98 Å². The number of aromatic nitrogens is 1. The van der Waals surface area contributed by atoms with Gasteiger partial charge in [-0.05, 0) is 65.3 Å². The van der Waals surface area contributed by atoms with E-state index in [1.54, 1.807) is 12.1 Å². The Morgan fingerprint density at radius 1 is 0.963 bits per heavy atom. The number of fused-ring (bicyclic) bond motifs is 5. The molecule has 0 amide bonds. The van der Waals surface area contributed by atoms with Crippen LogP contribution in [0.3, 0.4) is 0 Å². The Morgan fingerprint density at radius 3 is 2.67 bits per heavy atom. The Balaban J connectivity index is 1.90. The van der Waals surface area contributed by atoms with Gasteiger partial charge in [0.2, 0.25) is 0 Å². The van der Waals surface area contributed by atoms with E-state index >= 15 is 0 Å². The molecule has 0 saturated heterocycles. The summed E-state index contributed by atoms with van der Waals surface area (Å²) in [5.74, 6) is 0.720. The zero-order chi connectivity index (χ0) is 18.5. The summed E-state index contributed by atoms with van der Waals surface area (Å²) >= 11 is 0. The Hall–Kier alpha value is -3.07. The lowest BCUT2D eigenvalue weighted by molar-refractivity contribution is 0.451. The van der Waals surface area contributed by atoms with E-state index in [1.165, 1.54) is 33.4 Å². The molecule has 27 heavy (non-hydrogen) atoms. The van der Waals surface area contributed by atoms with Gasteiger partial charge in [0.25, 0.3) is 0 Å². The minimum absolute atomic E-state index is 0.0604. The number of aromatic hydroxyl groups is 2. The van der Waals surface area contributed by atoms with Crippen LogP contribution >= 0.6 is 0 Å². The summed E-state index contributed by atoms with van der Waals surface area (Å²) in [6.45, 7) is 2.27. The van der Waals surface area contributed by atoms with Gasteiger partial charge < -0.3 is 10.2 Å². The molecule has 5 rings (SSSR count). The number of nitrogens with zero attached hydrogens (tertiary/aromatic N) is 1. The average Bonchev–Trinajstić information content (AvgIpc) is 2.67. The second-order valence-electron chi connectivity index (χ2n) is 7.65. The second-order valence-corrected chi connectivity index (χ2v) is 7.65. The van der Waals surface area contributed by atoms with Crippen LogP contribution in [0.1, 0.15) is 24.5 Å². The number of aryl methyl sites for hydroxylation is 1. The summed E-state index contributed by atoms with van der Waals surface area (Å²) in [5.41, 5.74) is 5.09. The lowest BCUT2D eigenvalue weighted by Crippen LogP contribution is -2.14. The fraction of sp³-hybridized carbons (Fsp3) is 0.208. The second kappa shape index (κ2) is 5.98. The summed E-state index contributed by atoms with van der Waals surface area (Å²) < 4.78 is 0. The van der Waals surface area contributed by atoms with Gasteiger partial charge in [-0.1, -0.05) is 37.3 Å². The van der Waals surface area contributed by atoms with Crippen molar-refractivity contribution in [3.05, 3.63) is 65.7 Å². The fourth-order valence-corrected chi connectivity index (χ4v) is 4.43. The first-order chi connectivity index (χ1) is 13.1. The third kappa shape index (κ3) is 2.54. The van der Waals surface area contributed by atoms with E-state index < -0.39 is 0 Å². The topological polar surface area (TPSA) is 53.4 Å². The minimum atomic E-state index is 0.0604. The highest BCUT2D eigenvalue weighted by atomic mass is 16.3. The third-order valence-electron chi connectivity index (χ3n) is 5.77. The van der Waals surface area contributed by atoms with E-state index in [-0.39, 0.29) is 11.5 Å². The molecule has 0 saturated carbocycles. The quantitative estimate of drug-likeness (QED) is 0.438. The highest BCUT2D eigenvalue weighted by Gasteiger charge is 2.24. The van der Waals surface area contributed by atoms with Gasteiger partial charge in [-0.25, -0.2) is 4.98 Å². The molecule has 0 aliphatic heterocycles. The minimum Gasteiger partial charge on any atom is -0.508 e. The van der Waals surface area contributed by atoms with E-state index in [0.717, 1.165) is 30.5 Å². The van der Waals surface area contributed by atoms with Crippen molar-refractivity contribution in [3.63, 3.8) is 0 Å². The molecule has 1 atom stereocenters. The molecule has 0 radical (unpaired) electrons. The number of benzene rings is 3.